The van der Waals surface area contributed by atoms with Crippen molar-refractivity contribution in [3.05, 3.63) is 65.2 Å². The number of hydrogen-bond donors (Lipinski definition) is 3. The number of fused-ring (bicyclic) bond motifs is 1. The number of amides is 2. The Bertz CT molecular complexity index is 1930. The van der Waals surface area contributed by atoms with Crippen molar-refractivity contribution >= 4 is 57.1 Å². The summed E-state index contributed by atoms with van der Waals surface area (Å²) in [6, 6.07) is 11.6. The predicted molar refractivity (Wildman–Crippen MR) is 290 cm³/mol. The van der Waals surface area contributed by atoms with E-state index in [1.165, 1.54) is 37.7 Å². The van der Waals surface area contributed by atoms with Crippen LogP contribution in [0.25, 0.3) is 0 Å². The van der Waals surface area contributed by atoms with E-state index in [-0.39, 0.29) is 61.3 Å². The van der Waals surface area contributed by atoms with Gasteiger partial charge in [0.25, 0.3) is 5.91 Å². The van der Waals surface area contributed by atoms with Crippen molar-refractivity contribution in [3.8, 4) is 0 Å². The molecule has 2 aromatic carbocycles. The Hall–Kier alpha value is -3.87. The second-order valence-electron chi connectivity index (χ2n) is 19.7. The Kier molecular flexibility index (Phi) is 45.6. The van der Waals surface area contributed by atoms with Crippen molar-refractivity contribution in [2.45, 2.75) is 121 Å². The van der Waals surface area contributed by atoms with E-state index in [1.807, 2.05) is 0 Å². The minimum atomic E-state index is -4.47. The molecule has 0 saturated heterocycles. The number of esters is 2. The summed E-state index contributed by atoms with van der Waals surface area (Å²) in [4.78, 5) is 63.6. The first-order chi connectivity index (χ1) is 34.6. The fourth-order valence-corrected chi connectivity index (χ4v) is 6.50. The number of para-hydroxylation sites is 1. The van der Waals surface area contributed by atoms with Gasteiger partial charge >= 0.3 is 42.9 Å². The van der Waals surface area contributed by atoms with Crippen LogP contribution in [0.1, 0.15) is 125 Å². The number of benzene rings is 2. The van der Waals surface area contributed by atoms with E-state index >= 15 is 0 Å². The molecule has 432 valence electrons. The van der Waals surface area contributed by atoms with Gasteiger partial charge in [0.15, 0.2) is 0 Å². The predicted octanol–water partition coefficient (Wildman–Crippen LogP) is 7.33. The fraction of sp³-hybridized carbons (Fsp3) is 0.673. The van der Waals surface area contributed by atoms with Gasteiger partial charge in [-0.15, -0.1) is 0 Å². The van der Waals surface area contributed by atoms with Gasteiger partial charge in [-0.05, 0) is 88.3 Å². The third kappa shape index (κ3) is 35.5. The Balaban J connectivity index is -0.000000518. The third-order valence-corrected chi connectivity index (χ3v) is 11.2. The van der Waals surface area contributed by atoms with Crippen molar-refractivity contribution in [3.63, 3.8) is 0 Å². The van der Waals surface area contributed by atoms with Gasteiger partial charge < -0.3 is 49.6 Å². The summed E-state index contributed by atoms with van der Waals surface area (Å²) in [6.07, 6.45) is -1.52. The summed E-state index contributed by atoms with van der Waals surface area (Å²) in [7, 11) is 4.27. The maximum Gasteiger partial charge on any atom is 1.00 e. The maximum atomic E-state index is 13.2. The monoisotopic (exact) mass is 1140 g/mol. The minimum absolute atomic E-state index is 0. The molecule has 0 spiro atoms. The number of nitrogens with one attached hydrogen (secondary N) is 1. The second kappa shape index (κ2) is 44.0. The Morgan fingerprint density at radius 3 is 1.47 bits per heavy atom. The number of carbonyl (C=O) groups is 5. The van der Waals surface area contributed by atoms with Crippen LogP contribution in [0.15, 0.2) is 53.5 Å². The van der Waals surface area contributed by atoms with Crippen LogP contribution in [-0.4, -0.2) is 130 Å². The molecule has 16 nitrogen and oxygen atoms in total. The average molecular weight is 1150 g/mol. The van der Waals surface area contributed by atoms with Crippen molar-refractivity contribution in [1.82, 2.24) is 5.32 Å². The van der Waals surface area contributed by atoms with Crippen molar-refractivity contribution < 1.29 is 95.4 Å². The van der Waals surface area contributed by atoms with Gasteiger partial charge in [0, 0.05) is 43.3 Å². The molecular weight excluding hydrogens is 1050 g/mol. The Morgan fingerprint density at radius 1 is 0.684 bits per heavy atom. The largest absolute Gasteiger partial charge is 1.00 e. The molecule has 0 saturated carbocycles. The van der Waals surface area contributed by atoms with Gasteiger partial charge in [0.1, 0.15) is 0 Å². The van der Waals surface area contributed by atoms with E-state index in [2.05, 4.69) is 91.1 Å². The number of benzodiazepines with no additional fused rings is 1. The summed E-state index contributed by atoms with van der Waals surface area (Å²) < 4.78 is 64.2. The number of ether oxygens (including phenoxy) is 5. The van der Waals surface area contributed by atoms with Gasteiger partial charge in [-0.3, -0.25) is 24.0 Å². The number of methoxy groups -OCH3 is 2. The number of carboxylic acid groups (broad SMARTS) is 1. The number of aliphatic imine (C=N–C) groups is 1. The first-order valence-corrected chi connectivity index (χ1v) is 26.4. The van der Waals surface area contributed by atoms with Crippen molar-refractivity contribution in [2.24, 2.45) is 52.3 Å². The fourth-order valence-electron chi connectivity index (χ4n) is 5.59. The molecule has 1 aliphatic rings. The number of aliphatic hydroxyl groups is 1. The number of anilines is 1. The number of carbonyl (C=O) groups excluding carboxylic acids is 4. The summed E-state index contributed by atoms with van der Waals surface area (Å²) in [5.41, 5.74) is 1.05. The number of aliphatic carboxylic acids is 1. The summed E-state index contributed by atoms with van der Waals surface area (Å²) in [5.74, 6) is -1.08. The molecule has 2 aromatic rings. The number of hydrogen-bond acceptors (Lipinski definition) is 13. The van der Waals surface area contributed by atoms with Gasteiger partial charge in [0.05, 0.1) is 81.3 Å². The van der Waals surface area contributed by atoms with Gasteiger partial charge in [-0.2, -0.15) is 13.2 Å². The molecule has 21 heteroatoms. The molecule has 0 aliphatic carbocycles. The first kappa shape index (κ1) is 78.6. The standard InChI is InChI=1S/C26H30F3N3O3.C10H20O3.C9H18O3.C5H11Br.C5H10O3.Li.H2O/c1-16(2)13-14-35-15-17(3)24(33)31-23-25(34)32(4)21-8-6-5-7-20(21)22(30-23)18-9-11-19(12-10-18)26(27,28)29;1-8(2)5-6-13-7-9(3)10(11)12-4;1-7(2)4-5-12-6-8(3)9(10)11;1-5(2)3-4-6;1-4(3-6)5(7)8-2;;/h5-12,16-17,23H,13-15H2,1-4H3,(H,31,33);8-9H,5-7H2,1-4H3;7-8H,4-6H2,1-3H3,(H,10,11);5H,3-4H2,1-2H3;4,6H,3H2,1-2H3;;1H2/q;;;;;+1;/p-1/t17-,23?;9-;8-;;4-;;/m111.1../s1. The van der Waals surface area contributed by atoms with E-state index in [4.69, 9.17) is 24.4 Å². The van der Waals surface area contributed by atoms with Crippen LogP contribution in [0.5, 0.6) is 0 Å². The number of nitrogens with zero attached hydrogens (tertiary/aromatic N) is 2. The summed E-state index contributed by atoms with van der Waals surface area (Å²) >= 11 is 3.35. The van der Waals surface area contributed by atoms with Crippen LogP contribution < -0.4 is 29.1 Å². The van der Waals surface area contributed by atoms with Gasteiger partial charge in [0.2, 0.25) is 12.1 Å². The van der Waals surface area contributed by atoms with E-state index in [9.17, 15) is 37.1 Å². The van der Waals surface area contributed by atoms with E-state index in [1.54, 1.807) is 59.0 Å². The quantitative estimate of drug-likeness (QED) is 0.0405. The molecule has 76 heavy (non-hydrogen) atoms. The Morgan fingerprint density at radius 2 is 1.11 bits per heavy atom. The molecule has 2 amide bonds. The molecule has 1 unspecified atom stereocenters. The average Bonchev–Trinajstić information content (AvgIpc) is 3.45. The molecule has 5 atom stereocenters. The second-order valence-corrected chi connectivity index (χ2v) is 20.5. The molecular formula is C55H90BrF3LiN3O13. The van der Waals surface area contributed by atoms with Crippen LogP contribution in [-0.2, 0) is 53.8 Å². The molecule has 1 heterocycles. The number of carboxylic acids is 1. The van der Waals surface area contributed by atoms with E-state index < -0.39 is 47.5 Å². The number of alkyl halides is 4. The topological polar surface area (TPSA) is 230 Å². The number of likely N-dealkylation sites (N-methyl/N-ethyl adjacent to an activating group) is 1. The van der Waals surface area contributed by atoms with Crippen LogP contribution in [0, 0.1) is 47.3 Å². The zero-order valence-electron chi connectivity index (χ0n) is 48.1. The maximum absolute atomic E-state index is 13.2. The normalized spacial score (nSPS) is 14.3. The molecule has 4 N–H and O–H groups in total. The summed E-state index contributed by atoms with van der Waals surface area (Å²) in [5, 5.41) is 20.7. The van der Waals surface area contributed by atoms with Crippen LogP contribution in [0.2, 0.25) is 0 Å². The van der Waals surface area contributed by atoms with Crippen LogP contribution in [0.3, 0.4) is 0 Å². The number of aliphatic hydroxyl groups excluding tert-OH is 1. The minimum Gasteiger partial charge on any atom is -0.870 e. The van der Waals surface area contributed by atoms with Crippen molar-refractivity contribution in [2.75, 3.05) is 77.7 Å². The first-order valence-electron chi connectivity index (χ1n) is 25.3. The Labute approximate surface area is 472 Å². The van der Waals surface area contributed by atoms with Crippen LogP contribution in [0.4, 0.5) is 18.9 Å². The van der Waals surface area contributed by atoms with Gasteiger partial charge in [-0.25, -0.2) is 4.99 Å². The van der Waals surface area contributed by atoms with Gasteiger partial charge in [-0.1, -0.05) is 109 Å². The number of halogens is 4. The molecule has 0 bridgehead atoms. The summed E-state index contributed by atoms with van der Waals surface area (Å²) in [6.45, 7) is 26.6. The molecule has 0 fully saturated rings. The molecule has 0 aromatic heterocycles. The smallest absolute Gasteiger partial charge is 0.870 e. The molecule has 1 aliphatic heterocycles. The zero-order chi connectivity index (χ0) is 57.1. The molecule has 3 rings (SSSR count). The number of rotatable bonds is 24. The third-order valence-electron chi connectivity index (χ3n) is 10.8. The van der Waals surface area contributed by atoms with Crippen molar-refractivity contribution in [1.29, 1.82) is 0 Å². The van der Waals surface area contributed by atoms with Crippen LogP contribution >= 0.6 is 15.9 Å². The van der Waals surface area contributed by atoms with E-state index in [0.717, 1.165) is 49.3 Å². The van der Waals surface area contributed by atoms with E-state index in [0.29, 0.717) is 66.7 Å². The zero-order valence-corrected chi connectivity index (χ0v) is 49.7. The molecule has 0 radical (unpaired) electrons. The SMILES string of the molecule is CC(C)CCBr.CC(C)CCOC[C@@H](C)C(=O)NC1N=C(c2ccc(C(F)(F)F)cc2)c2ccccc2N(C)C1=O.CC(C)CCOC[C@@H](C)C(=O)O.COC(=O)[C@H](C)CO.COC(=O)[C@H](C)COCCC(C)C.[Li+].[OH-].